The Labute approximate surface area is 114 Å². The molecule has 0 atom stereocenters. The maximum Gasteiger partial charge on any atom is 0.275 e. The number of hydrogen-bond acceptors (Lipinski definition) is 4. The second-order valence-electron chi connectivity index (χ2n) is 4.27. The van der Waals surface area contributed by atoms with Gasteiger partial charge in [-0.05, 0) is 23.8 Å². The van der Waals surface area contributed by atoms with E-state index in [1.165, 1.54) is 0 Å². The van der Waals surface area contributed by atoms with Crippen LogP contribution in [0.15, 0.2) is 48.9 Å². The van der Waals surface area contributed by atoms with Crippen molar-refractivity contribution >= 4 is 17.4 Å². The predicted octanol–water partition coefficient (Wildman–Crippen LogP) is 1.47. The maximum atomic E-state index is 12.1. The number of imidazole rings is 1. The molecule has 0 fully saturated rings. The standard InChI is InChI=1S/C14H12N4O2/c19-9-10-3-1-4-11(7-10)16-13(20)12-8-18-6-2-5-15-14(18)17-12/h1-8,19H,9H2,(H,16,20). The Morgan fingerprint density at radius 2 is 2.25 bits per heavy atom. The topological polar surface area (TPSA) is 79.5 Å². The van der Waals surface area contributed by atoms with Gasteiger partial charge < -0.3 is 10.4 Å². The number of carbonyl (C=O) groups excluding carboxylic acids is 1. The van der Waals surface area contributed by atoms with Gasteiger partial charge >= 0.3 is 0 Å². The molecule has 2 heterocycles. The van der Waals surface area contributed by atoms with Crippen LogP contribution in [-0.4, -0.2) is 25.4 Å². The number of nitrogens with one attached hydrogen (secondary N) is 1. The Bertz CT molecular complexity index is 733. The lowest BCUT2D eigenvalue weighted by molar-refractivity contribution is 0.102. The van der Waals surface area contributed by atoms with Gasteiger partial charge in [0.1, 0.15) is 5.69 Å². The van der Waals surface area contributed by atoms with Gasteiger partial charge in [-0.15, -0.1) is 0 Å². The molecule has 20 heavy (non-hydrogen) atoms. The van der Waals surface area contributed by atoms with Gasteiger partial charge in [-0.3, -0.25) is 9.20 Å². The Hall–Kier alpha value is -2.73. The molecule has 0 aliphatic carbocycles. The average molecular weight is 268 g/mol. The molecule has 3 aromatic rings. The lowest BCUT2D eigenvalue weighted by atomic mass is 10.2. The first-order valence-corrected chi connectivity index (χ1v) is 6.07. The third kappa shape index (κ3) is 2.36. The number of anilines is 1. The predicted molar refractivity (Wildman–Crippen MR) is 73.3 cm³/mol. The summed E-state index contributed by atoms with van der Waals surface area (Å²) in [5.74, 6) is 0.160. The average Bonchev–Trinajstić information content (AvgIpc) is 2.91. The molecule has 0 saturated heterocycles. The van der Waals surface area contributed by atoms with E-state index in [1.54, 1.807) is 53.3 Å². The number of aliphatic hydroxyl groups is 1. The van der Waals surface area contributed by atoms with E-state index in [0.717, 1.165) is 5.56 Å². The third-order valence-electron chi connectivity index (χ3n) is 2.84. The van der Waals surface area contributed by atoms with Crippen molar-refractivity contribution in [1.29, 1.82) is 0 Å². The number of nitrogens with zero attached hydrogens (tertiary/aromatic N) is 3. The highest BCUT2D eigenvalue weighted by Gasteiger charge is 2.11. The Morgan fingerprint density at radius 1 is 1.35 bits per heavy atom. The summed E-state index contributed by atoms with van der Waals surface area (Å²) in [4.78, 5) is 20.3. The molecule has 1 aromatic carbocycles. The van der Waals surface area contributed by atoms with Crippen LogP contribution in [-0.2, 0) is 6.61 Å². The first-order valence-electron chi connectivity index (χ1n) is 6.07. The summed E-state index contributed by atoms with van der Waals surface area (Å²) in [6.07, 6.45) is 5.01. The van der Waals surface area contributed by atoms with E-state index in [4.69, 9.17) is 5.11 Å². The summed E-state index contributed by atoms with van der Waals surface area (Å²) >= 11 is 0. The number of hydrogen-bond donors (Lipinski definition) is 2. The van der Waals surface area contributed by atoms with E-state index in [-0.39, 0.29) is 18.2 Å². The van der Waals surface area contributed by atoms with E-state index < -0.39 is 0 Å². The smallest absolute Gasteiger partial charge is 0.275 e. The van der Waals surface area contributed by atoms with Crippen LogP contribution in [0, 0.1) is 0 Å². The molecule has 100 valence electrons. The summed E-state index contributed by atoms with van der Waals surface area (Å²) in [5, 5.41) is 11.8. The number of rotatable bonds is 3. The molecular weight excluding hydrogens is 256 g/mol. The van der Waals surface area contributed by atoms with Gasteiger partial charge in [-0.25, -0.2) is 9.97 Å². The van der Waals surface area contributed by atoms with Gasteiger partial charge in [0.05, 0.1) is 6.61 Å². The van der Waals surface area contributed by atoms with Crippen LogP contribution >= 0.6 is 0 Å². The number of aliphatic hydroxyl groups excluding tert-OH is 1. The van der Waals surface area contributed by atoms with Crippen molar-refractivity contribution in [1.82, 2.24) is 14.4 Å². The molecule has 0 saturated carbocycles. The zero-order chi connectivity index (χ0) is 13.9. The molecule has 0 radical (unpaired) electrons. The van der Waals surface area contributed by atoms with E-state index in [9.17, 15) is 4.79 Å². The fraction of sp³-hybridized carbons (Fsp3) is 0.0714. The monoisotopic (exact) mass is 268 g/mol. The summed E-state index contributed by atoms with van der Waals surface area (Å²) in [5.41, 5.74) is 1.64. The minimum atomic E-state index is -0.314. The van der Waals surface area contributed by atoms with Crippen LogP contribution in [0.5, 0.6) is 0 Å². The molecule has 2 aromatic heterocycles. The van der Waals surface area contributed by atoms with E-state index in [1.807, 2.05) is 0 Å². The number of aromatic nitrogens is 3. The molecule has 0 spiro atoms. The fourth-order valence-electron chi connectivity index (χ4n) is 1.88. The molecular formula is C14H12N4O2. The number of fused-ring (bicyclic) bond motifs is 1. The minimum Gasteiger partial charge on any atom is -0.392 e. The van der Waals surface area contributed by atoms with E-state index >= 15 is 0 Å². The van der Waals surface area contributed by atoms with E-state index in [2.05, 4.69) is 15.3 Å². The lowest BCUT2D eigenvalue weighted by Gasteiger charge is -2.04. The van der Waals surface area contributed by atoms with Crippen molar-refractivity contribution < 1.29 is 9.90 Å². The minimum absolute atomic E-state index is 0.0675. The van der Waals surface area contributed by atoms with E-state index in [0.29, 0.717) is 11.5 Å². The number of amides is 1. The van der Waals surface area contributed by atoms with Gasteiger partial charge in [0.15, 0.2) is 0 Å². The first kappa shape index (κ1) is 12.3. The third-order valence-corrected chi connectivity index (χ3v) is 2.84. The molecule has 0 aliphatic heterocycles. The second-order valence-corrected chi connectivity index (χ2v) is 4.27. The van der Waals surface area contributed by atoms with Crippen LogP contribution in [0.1, 0.15) is 16.1 Å². The van der Waals surface area contributed by atoms with Gasteiger partial charge in [-0.2, -0.15) is 0 Å². The highest BCUT2D eigenvalue weighted by atomic mass is 16.3. The quantitative estimate of drug-likeness (QED) is 0.754. The Morgan fingerprint density at radius 3 is 3.05 bits per heavy atom. The van der Waals surface area contributed by atoms with Crippen LogP contribution < -0.4 is 5.32 Å². The SMILES string of the molecule is O=C(Nc1cccc(CO)c1)c1cn2cccnc2n1. The zero-order valence-electron chi connectivity index (χ0n) is 10.5. The first-order chi connectivity index (χ1) is 9.76. The maximum absolute atomic E-state index is 12.1. The largest absolute Gasteiger partial charge is 0.392 e. The summed E-state index contributed by atoms with van der Waals surface area (Å²) < 4.78 is 1.68. The Balaban J connectivity index is 1.85. The Kier molecular flexibility index (Phi) is 3.14. The van der Waals surface area contributed by atoms with Gasteiger partial charge in [0.2, 0.25) is 5.78 Å². The van der Waals surface area contributed by atoms with Gasteiger partial charge in [0, 0.05) is 24.3 Å². The summed E-state index contributed by atoms with van der Waals surface area (Å²) in [6, 6.07) is 8.79. The van der Waals surface area contributed by atoms with Crippen LogP contribution in [0.4, 0.5) is 5.69 Å². The van der Waals surface area contributed by atoms with Crippen molar-refractivity contribution in [3.05, 3.63) is 60.2 Å². The molecule has 3 rings (SSSR count). The molecule has 6 nitrogen and oxygen atoms in total. The molecule has 0 bridgehead atoms. The molecule has 0 aliphatic rings. The second kappa shape index (κ2) is 5.10. The summed E-state index contributed by atoms with van der Waals surface area (Å²) in [7, 11) is 0. The van der Waals surface area contributed by atoms with Crippen molar-refractivity contribution in [2.24, 2.45) is 0 Å². The van der Waals surface area contributed by atoms with Crippen LogP contribution in [0.25, 0.3) is 5.78 Å². The van der Waals surface area contributed by atoms with Crippen molar-refractivity contribution in [3.63, 3.8) is 0 Å². The van der Waals surface area contributed by atoms with Gasteiger partial charge in [0.25, 0.3) is 5.91 Å². The fourth-order valence-corrected chi connectivity index (χ4v) is 1.88. The molecule has 0 unspecified atom stereocenters. The van der Waals surface area contributed by atoms with Crippen LogP contribution in [0.3, 0.4) is 0 Å². The van der Waals surface area contributed by atoms with Crippen molar-refractivity contribution in [3.8, 4) is 0 Å². The van der Waals surface area contributed by atoms with Crippen molar-refractivity contribution in [2.75, 3.05) is 5.32 Å². The van der Waals surface area contributed by atoms with Gasteiger partial charge in [-0.1, -0.05) is 12.1 Å². The van der Waals surface area contributed by atoms with Crippen LogP contribution in [0.2, 0.25) is 0 Å². The summed E-state index contributed by atoms with van der Waals surface area (Å²) in [6.45, 7) is -0.0675. The highest BCUT2D eigenvalue weighted by molar-refractivity contribution is 6.03. The number of carbonyl (C=O) groups is 1. The normalized spacial score (nSPS) is 10.7. The number of benzene rings is 1. The van der Waals surface area contributed by atoms with Crippen molar-refractivity contribution in [2.45, 2.75) is 6.61 Å². The lowest BCUT2D eigenvalue weighted by Crippen LogP contribution is -2.12. The molecule has 1 amide bonds. The highest BCUT2D eigenvalue weighted by Crippen LogP contribution is 2.12. The molecule has 2 N–H and O–H groups in total. The zero-order valence-corrected chi connectivity index (χ0v) is 10.5. The molecule has 6 heteroatoms.